The predicted octanol–water partition coefficient (Wildman–Crippen LogP) is 3.16. The molecule has 0 radical (unpaired) electrons. The van der Waals surface area contributed by atoms with Gasteiger partial charge >= 0.3 is 6.03 Å². The molecule has 0 aromatic heterocycles. The van der Waals surface area contributed by atoms with Crippen LogP contribution in [0.25, 0.3) is 0 Å². The number of carbonyl (C=O) groups excluding carboxylic acids is 3. The second-order valence-corrected chi connectivity index (χ2v) is 9.32. The van der Waals surface area contributed by atoms with Gasteiger partial charge in [-0.25, -0.2) is 4.79 Å². The average molecular weight is 442 g/mol. The number of carbonyl (C=O) groups is 3. The lowest BCUT2D eigenvalue weighted by Crippen LogP contribution is -2.48. The van der Waals surface area contributed by atoms with Crippen molar-refractivity contribution in [2.75, 3.05) is 26.3 Å². The molecule has 4 amide bonds. The Morgan fingerprint density at radius 1 is 1.00 bits per heavy atom. The van der Waals surface area contributed by atoms with Gasteiger partial charge in [0.05, 0.1) is 6.04 Å². The Morgan fingerprint density at radius 3 is 2.50 bits per heavy atom. The van der Waals surface area contributed by atoms with E-state index in [0.717, 1.165) is 54.7 Å². The van der Waals surface area contributed by atoms with Crippen LogP contribution < -0.4 is 14.8 Å². The number of rotatable bonds is 3. The lowest BCUT2D eigenvalue weighted by Gasteiger charge is -2.29. The molecule has 5 rings (SSSR count). The summed E-state index contributed by atoms with van der Waals surface area (Å²) in [5.41, 5.74) is 0.173. The third-order valence-corrected chi connectivity index (χ3v) is 7.27. The quantitative estimate of drug-likeness (QED) is 0.728. The minimum absolute atomic E-state index is 0.0885. The molecule has 1 aromatic rings. The van der Waals surface area contributed by atoms with Crippen molar-refractivity contribution in [1.82, 2.24) is 15.1 Å². The van der Waals surface area contributed by atoms with Gasteiger partial charge < -0.3 is 19.7 Å². The Kier molecular flexibility index (Phi) is 5.69. The first kappa shape index (κ1) is 21.1. The number of benzene rings is 1. The summed E-state index contributed by atoms with van der Waals surface area (Å²) >= 11 is 0. The van der Waals surface area contributed by atoms with Crippen molar-refractivity contribution >= 4 is 17.8 Å². The van der Waals surface area contributed by atoms with Crippen molar-refractivity contribution < 1.29 is 23.9 Å². The minimum atomic E-state index is -0.821. The second-order valence-electron chi connectivity index (χ2n) is 9.32. The van der Waals surface area contributed by atoms with E-state index in [1.165, 1.54) is 6.42 Å². The number of likely N-dealkylation sites (tertiary alicyclic amines) is 1. The zero-order valence-corrected chi connectivity index (χ0v) is 18.4. The van der Waals surface area contributed by atoms with Crippen LogP contribution in [-0.4, -0.2) is 59.5 Å². The van der Waals surface area contributed by atoms with E-state index in [2.05, 4.69) is 5.32 Å². The molecule has 1 aromatic carbocycles. The maximum Gasteiger partial charge on any atom is 0.325 e. The Hall–Kier alpha value is -2.77. The van der Waals surface area contributed by atoms with Crippen LogP contribution in [0.2, 0.25) is 0 Å². The molecule has 8 nitrogen and oxygen atoms in total. The molecule has 1 spiro atoms. The highest BCUT2D eigenvalue weighted by atomic mass is 16.6. The highest BCUT2D eigenvalue weighted by molar-refractivity contribution is 6.09. The van der Waals surface area contributed by atoms with E-state index < -0.39 is 11.6 Å². The van der Waals surface area contributed by atoms with Gasteiger partial charge in [0.2, 0.25) is 5.91 Å². The van der Waals surface area contributed by atoms with Crippen molar-refractivity contribution in [3.05, 3.63) is 23.8 Å². The van der Waals surface area contributed by atoms with Gasteiger partial charge in [0.1, 0.15) is 25.3 Å². The van der Waals surface area contributed by atoms with Crippen LogP contribution in [-0.2, 0) is 9.59 Å². The molecular weight excluding hydrogens is 410 g/mol. The number of imide groups is 1. The van der Waals surface area contributed by atoms with Gasteiger partial charge in [-0.2, -0.15) is 0 Å². The van der Waals surface area contributed by atoms with Gasteiger partial charge in [-0.15, -0.1) is 0 Å². The van der Waals surface area contributed by atoms with Gasteiger partial charge in [0.15, 0.2) is 11.5 Å². The van der Waals surface area contributed by atoms with Gasteiger partial charge in [-0.3, -0.25) is 14.5 Å². The van der Waals surface area contributed by atoms with E-state index in [1.54, 1.807) is 4.90 Å². The predicted molar refractivity (Wildman–Crippen MR) is 116 cm³/mol. The van der Waals surface area contributed by atoms with E-state index in [4.69, 9.17) is 9.47 Å². The van der Waals surface area contributed by atoms with E-state index in [-0.39, 0.29) is 24.4 Å². The first-order valence-corrected chi connectivity index (χ1v) is 11.9. The molecule has 3 heterocycles. The Labute approximate surface area is 188 Å². The molecule has 8 heteroatoms. The Bertz CT molecular complexity index is 909. The summed E-state index contributed by atoms with van der Waals surface area (Å²) in [7, 11) is 0. The number of nitrogens with one attached hydrogen (secondary N) is 1. The molecule has 3 fully saturated rings. The molecule has 1 saturated carbocycles. The summed E-state index contributed by atoms with van der Waals surface area (Å²) in [6.07, 6.45) is 8.22. The topological polar surface area (TPSA) is 88.2 Å². The smallest absolute Gasteiger partial charge is 0.325 e. The molecule has 0 bridgehead atoms. The Balaban J connectivity index is 1.30. The van der Waals surface area contributed by atoms with Crippen LogP contribution in [0.4, 0.5) is 4.79 Å². The number of hydrogen-bond acceptors (Lipinski definition) is 5. The molecule has 2 saturated heterocycles. The molecule has 172 valence electrons. The molecular formula is C24H31N3O5. The van der Waals surface area contributed by atoms with Crippen molar-refractivity contribution in [2.45, 2.75) is 69.4 Å². The van der Waals surface area contributed by atoms with Crippen LogP contribution in [0.15, 0.2) is 18.2 Å². The van der Waals surface area contributed by atoms with Crippen LogP contribution in [0, 0.1) is 0 Å². The van der Waals surface area contributed by atoms with Gasteiger partial charge in [0, 0.05) is 6.54 Å². The zero-order valence-electron chi connectivity index (χ0n) is 18.4. The summed E-state index contributed by atoms with van der Waals surface area (Å²) in [4.78, 5) is 42.2. The number of nitrogens with zero attached hydrogens (tertiary/aromatic N) is 2. The SMILES string of the molecule is O=C1NC2(CCCCCCC2)C(=O)N1CC(=O)N1CCC[C@@H]1c1ccc2c(c1)OCCO2. The molecule has 0 unspecified atom stereocenters. The van der Waals surface area contributed by atoms with Crippen molar-refractivity contribution in [2.24, 2.45) is 0 Å². The summed E-state index contributed by atoms with van der Waals surface area (Å²) in [6.45, 7) is 1.46. The zero-order chi connectivity index (χ0) is 22.1. The summed E-state index contributed by atoms with van der Waals surface area (Å²) in [6, 6.07) is 5.29. The van der Waals surface area contributed by atoms with Crippen LogP contribution in [0.5, 0.6) is 11.5 Å². The number of amides is 4. The summed E-state index contributed by atoms with van der Waals surface area (Å²) in [5.74, 6) is 1.01. The fourth-order valence-corrected chi connectivity index (χ4v) is 5.57. The molecule has 1 atom stereocenters. The maximum atomic E-state index is 13.3. The molecule has 1 N–H and O–H groups in total. The molecule has 32 heavy (non-hydrogen) atoms. The molecule has 4 aliphatic rings. The average Bonchev–Trinajstić information content (AvgIpc) is 3.36. The van der Waals surface area contributed by atoms with Gasteiger partial charge in [0.25, 0.3) is 5.91 Å². The molecule has 3 aliphatic heterocycles. The second kappa shape index (κ2) is 8.64. The Morgan fingerprint density at radius 2 is 1.72 bits per heavy atom. The van der Waals surface area contributed by atoms with Gasteiger partial charge in [-0.1, -0.05) is 38.2 Å². The van der Waals surface area contributed by atoms with Crippen LogP contribution in [0.3, 0.4) is 0 Å². The standard InChI is InChI=1S/C24H31N3O5/c28-21(16-27-22(29)24(25-23(27)30)10-4-2-1-3-5-11-24)26-12-6-7-18(26)17-8-9-19-20(15-17)32-14-13-31-19/h8-9,15,18H,1-7,10-14,16H2,(H,25,30)/t18-/m1/s1. The summed E-state index contributed by atoms with van der Waals surface area (Å²) < 4.78 is 11.3. The highest BCUT2D eigenvalue weighted by Crippen LogP contribution is 2.38. The van der Waals surface area contributed by atoms with Crippen molar-refractivity contribution in [3.63, 3.8) is 0 Å². The van der Waals surface area contributed by atoms with E-state index >= 15 is 0 Å². The number of hydrogen-bond donors (Lipinski definition) is 1. The first-order valence-electron chi connectivity index (χ1n) is 11.9. The number of urea groups is 1. The fourth-order valence-electron chi connectivity index (χ4n) is 5.57. The van der Waals surface area contributed by atoms with Crippen molar-refractivity contribution in [3.8, 4) is 11.5 Å². The normalized spacial score (nSPS) is 24.9. The van der Waals surface area contributed by atoms with E-state index in [9.17, 15) is 14.4 Å². The lowest BCUT2D eigenvalue weighted by atomic mass is 9.84. The van der Waals surface area contributed by atoms with Crippen LogP contribution >= 0.6 is 0 Å². The minimum Gasteiger partial charge on any atom is -0.486 e. The monoisotopic (exact) mass is 441 g/mol. The van der Waals surface area contributed by atoms with Crippen LogP contribution in [0.1, 0.15) is 69.4 Å². The third kappa shape index (κ3) is 3.80. The first-order chi connectivity index (χ1) is 15.6. The van der Waals surface area contributed by atoms with Gasteiger partial charge in [-0.05, 0) is 43.4 Å². The molecule has 1 aliphatic carbocycles. The van der Waals surface area contributed by atoms with E-state index in [0.29, 0.717) is 38.3 Å². The van der Waals surface area contributed by atoms with E-state index in [1.807, 2.05) is 18.2 Å². The van der Waals surface area contributed by atoms with Crippen molar-refractivity contribution in [1.29, 1.82) is 0 Å². The fraction of sp³-hybridized carbons (Fsp3) is 0.625. The summed E-state index contributed by atoms with van der Waals surface area (Å²) in [5, 5.41) is 2.95. The number of fused-ring (bicyclic) bond motifs is 1. The highest BCUT2D eigenvalue weighted by Gasteiger charge is 2.51. The largest absolute Gasteiger partial charge is 0.486 e. The number of ether oxygens (including phenoxy) is 2. The third-order valence-electron chi connectivity index (χ3n) is 7.27. The lowest BCUT2D eigenvalue weighted by molar-refractivity contribution is -0.139. The maximum absolute atomic E-state index is 13.3.